The summed E-state index contributed by atoms with van der Waals surface area (Å²) in [6, 6.07) is 15.3. The Labute approximate surface area is 271 Å². The molecule has 4 rings (SSSR count). The van der Waals surface area contributed by atoms with Crippen molar-refractivity contribution in [2.45, 2.75) is 109 Å². The van der Waals surface area contributed by atoms with Crippen LogP contribution in [0.1, 0.15) is 83.8 Å². The lowest BCUT2D eigenvalue weighted by Gasteiger charge is -2.27. The number of hydrogen-bond donors (Lipinski definition) is 5. The van der Waals surface area contributed by atoms with Gasteiger partial charge in [-0.05, 0) is 65.0 Å². The lowest BCUT2D eigenvalue weighted by atomic mass is 9.83. The molecule has 0 radical (unpaired) electrons. The Kier molecular flexibility index (Phi) is 11.9. The Morgan fingerprint density at radius 3 is 2.37 bits per heavy atom. The second-order valence-electron chi connectivity index (χ2n) is 13.1. The maximum Gasteiger partial charge on any atom is 0.407 e. The number of benzene rings is 2. The molecule has 1 aliphatic heterocycles. The third-order valence-electron chi connectivity index (χ3n) is 8.15. The van der Waals surface area contributed by atoms with Gasteiger partial charge in [0.05, 0.1) is 17.9 Å². The minimum absolute atomic E-state index is 0.0335. The Bertz CT molecular complexity index is 1400. The number of rotatable bonds is 11. The molecule has 1 saturated carbocycles. The average Bonchev–Trinajstić information content (AvgIpc) is 3.15. The van der Waals surface area contributed by atoms with Gasteiger partial charge in [-0.15, -0.1) is 0 Å². The quantitative estimate of drug-likeness (QED) is 0.249. The highest BCUT2D eigenvalue weighted by molar-refractivity contribution is 6.13. The minimum Gasteiger partial charge on any atom is -0.444 e. The first-order valence-corrected chi connectivity index (χ1v) is 16.2. The number of fused-ring (bicyclic) bond motifs is 1. The van der Waals surface area contributed by atoms with Crippen LogP contribution in [0, 0.1) is 5.92 Å². The Balaban J connectivity index is 1.35. The molecule has 2 aliphatic rings. The molecule has 46 heavy (non-hydrogen) atoms. The Hall–Kier alpha value is -4.25. The van der Waals surface area contributed by atoms with Gasteiger partial charge in [0.2, 0.25) is 18.0 Å². The summed E-state index contributed by atoms with van der Waals surface area (Å²) in [5.74, 6) is -1.27. The van der Waals surface area contributed by atoms with Crippen LogP contribution in [0.25, 0.3) is 0 Å². The molecule has 0 aromatic heterocycles. The van der Waals surface area contributed by atoms with E-state index in [0.717, 1.165) is 42.5 Å². The largest absolute Gasteiger partial charge is 0.444 e. The van der Waals surface area contributed by atoms with Crippen molar-refractivity contribution in [3.63, 3.8) is 0 Å². The van der Waals surface area contributed by atoms with Gasteiger partial charge in [0.25, 0.3) is 5.91 Å². The molecule has 4 amide bonds. The van der Waals surface area contributed by atoms with Crippen LogP contribution in [0.15, 0.2) is 59.6 Å². The summed E-state index contributed by atoms with van der Waals surface area (Å²) in [6.07, 6.45) is 2.69. The number of benzodiazepines with no additional fused rings is 1. The number of nitrogens with zero attached hydrogens (tertiary/aromatic N) is 1. The van der Waals surface area contributed by atoms with E-state index in [-0.39, 0.29) is 18.8 Å². The molecule has 4 atom stereocenters. The first-order valence-electron chi connectivity index (χ1n) is 16.2. The molecule has 5 N–H and O–H groups in total. The lowest BCUT2D eigenvalue weighted by Crippen LogP contribution is -2.51. The van der Waals surface area contributed by atoms with Crippen molar-refractivity contribution in [1.82, 2.24) is 16.0 Å². The van der Waals surface area contributed by atoms with Crippen molar-refractivity contribution in [3.8, 4) is 0 Å². The summed E-state index contributed by atoms with van der Waals surface area (Å²) in [5.41, 5.74) is 2.53. The Morgan fingerprint density at radius 1 is 1.00 bits per heavy atom. The number of aliphatic imine (C=N–C) groups is 1. The topological polar surface area (TPSA) is 158 Å². The predicted octanol–water partition coefficient (Wildman–Crippen LogP) is 4.23. The Morgan fingerprint density at radius 2 is 1.67 bits per heavy atom. The molecule has 11 nitrogen and oxygen atoms in total. The number of alkyl carbamates (subject to hydrolysis) is 1. The summed E-state index contributed by atoms with van der Waals surface area (Å²) in [7, 11) is 0. The molecular weight excluding hydrogens is 586 g/mol. The molecule has 0 spiro atoms. The molecule has 1 unspecified atom stereocenters. The van der Waals surface area contributed by atoms with Gasteiger partial charge in [0.15, 0.2) is 0 Å². The van der Waals surface area contributed by atoms with Gasteiger partial charge >= 0.3 is 6.09 Å². The van der Waals surface area contributed by atoms with Crippen LogP contribution in [-0.2, 0) is 25.5 Å². The van der Waals surface area contributed by atoms with E-state index in [1.165, 1.54) is 13.3 Å². The van der Waals surface area contributed by atoms with E-state index in [0.29, 0.717) is 12.1 Å². The van der Waals surface area contributed by atoms with E-state index >= 15 is 0 Å². The van der Waals surface area contributed by atoms with Crippen LogP contribution in [-0.4, -0.2) is 64.6 Å². The van der Waals surface area contributed by atoms with Crippen molar-refractivity contribution in [1.29, 1.82) is 0 Å². The molecule has 0 saturated heterocycles. The first-order chi connectivity index (χ1) is 21.9. The van der Waals surface area contributed by atoms with Gasteiger partial charge in [-0.2, -0.15) is 0 Å². The molecule has 248 valence electrons. The SMILES string of the molecule is C[C@H](NC(=O)CC[C@@H](O)[C@H](Cc1ccccc1)NC(=O)OC(C)(C)C)C(=O)NC1N=C(C2CCCCC2)c2ccccc2NC1=O. The van der Waals surface area contributed by atoms with Crippen molar-refractivity contribution in [2.75, 3.05) is 5.32 Å². The molecule has 11 heteroatoms. The summed E-state index contributed by atoms with van der Waals surface area (Å²) >= 11 is 0. The third-order valence-corrected chi connectivity index (χ3v) is 8.15. The summed E-state index contributed by atoms with van der Waals surface area (Å²) < 4.78 is 5.38. The molecule has 1 fully saturated rings. The number of amides is 4. The van der Waals surface area contributed by atoms with Crippen molar-refractivity contribution < 1.29 is 29.0 Å². The van der Waals surface area contributed by atoms with Crippen molar-refractivity contribution >= 4 is 35.2 Å². The number of nitrogens with one attached hydrogen (secondary N) is 4. The van der Waals surface area contributed by atoms with Crippen LogP contribution in [0.3, 0.4) is 0 Å². The van der Waals surface area contributed by atoms with Gasteiger partial charge in [-0.1, -0.05) is 67.8 Å². The lowest BCUT2D eigenvalue weighted by molar-refractivity contribution is -0.130. The second kappa shape index (κ2) is 15.8. The number of anilines is 1. The highest BCUT2D eigenvalue weighted by Gasteiger charge is 2.32. The van der Waals surface area contributed by atoms with Crippen LogP contribution in [0.4, 0.5) is 10.5 Å². The molecule has 1 heterocycles. The standard InChI is InChI=1S/C35H47N5O6/c1-22(32(43)40-31-33(44)37-26-18-12-11-17-25(26)30(39-31)24-15-9-6-10-16-24)36-29(42)20-19-28(41)27(21-23-13-7-5-8-14-23)38-34(45)46-35(2,3)4/h5,7-8,11-14,17-18,22,24,27-28,31,41H,6,9-10,15-16,19-21H2,1-4H3,(H,36,42)(H,37,44)(H,38,45)(H,40,43)/t22-,27-,28+,31?/m0/s1. The van der Waals surface area contributed by atoms with Gasteiger partial charge in [-0.25, -0.2) is 4.79 Å². The first kappa shape index (κ1) is 34.6. The highest BCUT2D eigenvalue weighted by atomic mass is 16.6. The number of aliphatic hydroxyl groups is 1. The van der Waals surface area contributed by atoms with E-state index in [9.17, 15) is 24.3 Å². The summed E-state index contributed by atoms with van der Waals surface area (Å²) in [6.45, 7) is 6.78. The van der Waals surface area contributed by atoms with E-state index in [1.807, 2.05) is 54.6 Å². The molecular formula is C35H47N5O6. The van der Waals surface area contributed by atoms with E-state index < -0.39 is 53.8 Å². The van der Waals surface area contributed by atoms with Crippen LogP contribution in [0.2, 0.25) is 0 Å². The fraction of sp³-hybridized carbons (Fsp3) is 0.514. The van der Waals surface area contributed by atoms with Gasteiger partial charge in [0.1, 0.15) is 11.6 Å². The third kappa shape index (κ3) is 10.1. The van der Waals surface area contributed by atoms with E-state index in [4.69, 9.17) is 9.73 Å². The number of hydrogen-bond acceptors (Lipinski definition) is 7. The fourth-order valence-electron chi connectivity index (χ4n) is 5.81. The van der Waals surface area contributed by atoms with Gasteiger partial charge < -0.3 is 31.1 Å². The predicted molar refractivity (Wildman–Crippen MR) is 176 cm³/mol. The number of para-hydroxylation sites is 1. The molecule has 0 bridgehead atoms. The summed E-state index contributed by atoms with van der Waals surface area (Å²) in [4.78, 5) is 56.4. The maximum atomic E-state index is 13.2. The van der Waals surface area contributed by atoms with Crippen LogP contribution < -0.4 is 21.3 Å². The van der Waals surface area contributed by atoms with Crippen molar-refractivity contribution in [3.05, 3.63) is 65.7 Å². The molecule has 1 aliphatic carbocycles. The van der Waals surface area contributed by atoms with Crippen LogP contribution in [0.5, 0.6) is 0 Å². The maximum absolute atomic E-state index is 13.2. The zero-order chi connectivity index (χ0) is 33.3. The van der Waals surface area contributed by atoms with Crippen LogP contribution >= 0.6 is 0 Å². The molecule has 2 aromatic carbocycles. The normalized spacial score (nSPS) is 18.8. The zero-order valence-corrected chi connectivity index (χ0v) is 27.2. The smallest absolute Gasteiger partial charge is 0.407 e. The fourth-order valence-corrected chi connectivity index (χ4v) is 5.81. The van der Waals surface area contributed by atoms with Crippen molar-refractivity contribution in [2.24, 2.45) is 10.9 Å². The van der Waals surface area contributed by atoms with E-state index in [2.05, 4.69) is 21.3 Å². The zero-order valence-electron chi connectivity index (χ0n) is 27.2. The number of carbonyl (C=O) groups is 4. The van der Waals surface area contributed by atoms with Gasteiger partial charge in [-0.3, -0.25) is 19.4 Å². The highest BCUT2D eigenvalue weighted by Crippen LogP contribution is 2.31. The minimum atomic E-state index is -1.14. The van der Waals surface area contributed by atoms with Gasteiger partial charge in [0, 0.05) is 23.6 Å². The average molecular weight is 634 g/mol. The summed E-state index contributed by atoms with van der Waals surface area (Å²) in [5, 5.41) is 22.0. The number of aliphatic hydroxyl groups excluding tert-OH is 1. The van der Waals surface area contributed by atoms with E-state index in [1.54, 1.807) is 20.8 Å². The monoisotopic (exact) mass is 633 g/mol. The number of ether oxygens (including phenoxy) is 1. The number of carbonyl (C=O) groups excluding carboxylic acids is 4. The molecule has 2 aromatic rings. The second-order valence-corrected chi connectivity index (χ2v) is 13.1.